The molecule has 8 heteroatoms. The summed E-state index contributed by atoms with van der Waals surface area (Å²) in [4.78, 5) is 17.3. The summed E-state index contributed by atoms with van der Waals surface area (Å²) in [6, 6.07) is 3.95. The van der Waals surface area contributed by atoms with Gasteiger partial charge in [0.15, 0.2) is 0 Å². The molecule has 2 heterocycles. The van der Waals surface area contributed by atoms with E-state index >= 15 is 0 Å². The molecule has 1 unspecified atom stereocenters. The van der Waals surface area contributed by atoms with Crippen molar-refractivity contribution in [1.82, 2.24) is 4.90 Å². The zero-order chi connectivity index (χ0) is 22.7. The number of aliphatic hydroxyl groups is 1. The first-order chi connectivity index (χ1) is 15.4. The van der Waals surface area contributed by atoms with Crippen molar-refractivity contribution in [3.8, 4) is 5.75 Å². The van der Waals surface area contributed by atoms with Crippen molar-refractivity contribution < 1.29 is 24.5 Å². The summed E-state index contributed by atoms with van der Waals surface area (Å²) >= 11 is 0. The molecule has 1 amide bonds. The molecule has 1 aliphatic carbocycles. The molecule has 2 aliphatic heterocycles. The quantitative estimate of drug-likeness (QED) is 0.435. The fourth-order valence-electron chi connectivity index (χ4n) is 5.24. The Bertz CT molecular complexity index is 934. The molecule has 4 rings (SSSR count). The Balaban J connectivity index is 1.20. The van der Waals surface area contributed by atoms with Crippen LogP contribution < -0.4 is 21.0 Å². The van der Waals surface area contributed by atoms with E-state index in [-0.39, 0.29) is 6.04 Å². The van der Waals surface area contributed by atoms with E-state index in [4.69, 9.17) is 25.3 Å². The highest BCUT2D eigenvalue weighted by molar-refractivity contribution is 5.65. The number of nitrogens with two attached hydrogens (primary N) is 1. The average molecular weight is 446 g/mol. The van der Waals surface area contributed by atoms with Crippen molar-refractivity contribution in [1.29, 1.82) is 0 Å². The second-order valence-corrected chi connectivity index (χ2v) is 9.56. The van der Waals surface area contributed by atoms with E-state index in [1.54, 1.807) is 7.11 Å². The first kappa shape index (κ1) is 22.9. The van der Waals surface area contributed by atoms with Gasteiger partial charge in [0.1, 0.15) is 5.75 Å². The smallest absolute Gasteiger partial charge is 0.407 e. The van der Waals surface area contributed by atoms with Crippen LogP contribution in [0.2, 0.25) is 0 Å². The molecule has 1 atom stereocenters. The van der Waals surface area contributed by atoms with Crippen molar-refractivity contribution in [2.75, 3.05) is 39.1 Å². The lowest BCUT2D eigenvalue weighted by atomic mass is 9.76. The maximum absolute atomic E-state index is 11.0. The zero-order valence-corrected chi connectivity index (χ0v) is 18.8. The van der Waals surface area contributed by atoms with E-state index in [2.05, 4.69) is 6.08 Å². The van der Waals surface area contributed by atoms with Gasteiger partial charge in [-0.05, 0) is 62.8 Å². The average Bonchev–Trinajstić information content (AvgIpc) is 3.19. The molecular weight excluding hydrogens is 410 g/mol. The van der Waals surface area contributed by atoms with Gasteiger partial charge < -0.3 is 30.3 Å². The Hall–Kier alpha value is -2.32. The summed E-state index contributed by atoms with van der Waals surface area (Å²) in [5.74, 6) is 1.57. The summed E-state index contributed by atoms with van der Waals surface area (Å²) in [5.41, 5.74) is 5.89. The maximum atomic E-state index is 11.0. The highest BCUT2D eigenvalue weighted by Gasteiger charge is 2.36. The molecule has 176 valence electrons. The Kier molecular flexibility index (Phi) is 6.90. The molecule has 8 nitrogen and oxygen atoms in total. The summed E-state index contributed by atoms with van der Waals surface area (Å²) in [5, 5.41) is 22.0. The Morgan fingerprint density at radius 3 is 2.62 bits per heavy atom. The van der Waals surface area contributed by atoms with Gasteiger partial charge in [-0.15, -0.1) is 0 Å². The normalized spacial score (nSPS) is 28.0. The minimum Gasteiger partial charge on any atom is -0.495 e. The van der Waals surface area contributed by atoms with Crippen LogP contribution >= 0.6 is 0 Å². The standard InChI is InChI=1S/C24H35N3O5/c1-31-22-14-21-18(12-19(22)25)13-20(26-21)17-2-7-24(30,8-3-17)15-32-11-6-16-4-9-27(10-5-16)23(28)29/h12-14,16-17,20,30H,2-11,15,25H2,1H3,(H,28,29). The lowest BCUT2D eigenvalue weighted by Gasteiger charge is -2.37. The first-order valence-corrected chi connectivity index (χ1v) is 11.7. The van der Waals surface area contributed by atoms with Crippen molar-refractivity contribution >= 4 is 17.9 Å². The van der Waals surface area contributed by atoms with Crippen LogP contribution in [0.5, 0.6) is 5.75 Å². The summed E-state index contributed by atoms with van der Waals surface area (Å²) in [6.07, 6.45) is 7.34. The molecule has 0 spiro atoms. The highest BCUT2D eigenvalue weighted by atomic mass is 16.5. The number of carboxylic acid groups (broad SMARTS) is 1. The number of methoxy groups -OCH3 is 1. The van der Waals surface area contributed by atoms with Gasteiger partial charge in [-0.25, -0.2) is 4.79 Å². The second kappa shape index (κ2) is 9.67. The van der Waals surface area contributed by atoms with E-state index in [0.29, 0.717) is 49.6 Å². The maximum Gasteiger partial charge on any atom is 0.407 e. The van der Waals surface area contributed by atoms with Gasteiger partial charge in [0.2, 0.25) is 0 Å². The number of fused-ring (bicyclic) bond motifs is 1. The van der Waals surface area contributed by atoms with Gasteiger partial charge in [-0.2, -0.15) is 0 Å². The lowest BCUT2D eigenvalue weighted by Crippen LogP contribution is -2.40. The number of benzene rings is 1. The SMILES string of the molecule is COc1cc2c(cc1N)=CC(C1CCC(O)(COCCC3CCN(C(=O)O)CC3)CC1)N=2. The van der Waals surface area contributed by atoms with E-state index < -0.39 is 11.7 Å². The summed E-state index contributed by atoms with van der Waals surface area (Å²) in [7, 11) is 1.61. The molecule has 1 aromatic carbocycles. The zero-order valence-electron chi connectivity index (χ0n) is 18.8. The van der Waals surface area contributed by atoms with Crippen LogP contribution in [-0.2, 0) is 4.74 Å². The number of carbonyl (C=O) groups is 1. The van der Waals surface area contributed by atoms with Crippen molar-refractivity contribution in [2.45, 2.75) is 56.6 Å². The van der Waals surface area contributed by atoms with Gasteiger partial charge in [-0.3, -0.25) is 4.99 Å². The number of likely N-dealkylation sites (tertiary alicyclic amines) is 1. The van der Waals surface area contributed by atoms with Crippen molar-refractivity contribution in [3.05, 3.63) is 22.7 Å². The molecule has 32 heavy (non-hydrogen) atoms. The summed E-state index contributed by atoms with van der Waals surface area (Å²) in [6.45, 7) is 2.20. The Labute approximate surface area is 188 Å². The Morgan fingerprint density at radius 2 is 1.97 bits per heavy atom. The number of ether oxygens (including phenoxy) is 2. The third-order valence-electron chi connectivity index (χ3n) is 7.39. The van der Waals surface area contributed by atoms with Gasteiger partial charge in [-0.1, -0.05) is 6.08 Å². The molecule has 1 saturated carbocycles. The number of nitrogens with zero attached hydrogens (tertiary/aromatic N) is 2. The Morgan fingerprint density at radius 1 is 1.25 bits per heavy atom. The molecular formula is C24H35N3O5. The molecule has 0 aromatic heterocycles. The second-order valence-electron chi connectivity index (χ2n) is 9.56. The number of piperidine rings is 1. The number of amides is 1. The van der Waals surface area contributed by atoms with Crippen LogP contribution in [0.1, 0.15) is 44.9 Å². The monoisotopic (exact) mass is 445 g/mol. The van der Waals surface area contributed by atoms with Crippen LogP contribution in [0, 0.1) is 11.8 Å². The fourth-order valence-corrected chi connectivity index (χ4v) is 5.24. The van der Waals surface area contributed by atoms with Crippen LogP contribution in [0.15, 0.2) is 17.1 Å². The van der Waals surface area contributed by atoms with Gasteiger partial charge in [0.05, 0.1) is 36.4 Å². The molecule has 2 fully saturated rings. The summed E-state index contributed by atoms with van der Waals surface area (Å²) < 4.78 is 11.2. The number of anilines is 1. The molecule has 0 radical (unpaired) electrons. The number of rotatable bonds is 7. The lowest BCUT2D eigenvalue weighted by molar-refractivity contribution is -0.0784. The molecule has 1 saturated heterocycles. The molecule has 0 bridgehead atoms. The van der Waals surface area contributed by atoms with E-state index in [1.807, 2.05) is 12.1 Å². The first-order valence-electron chi connectivity index (χ1n) is 11.7. The van der Waals surface area contributed by atoms with E-state index in [9.17, 15) is 9.90 Å². The van der Waals surface area contributed by atoms with Crippen LogP contribution in [0.25, 0.3) is 6.08 Å². The fraction of sp³-hybridized carbons (Fsp3) is 0.667. The highest BCUT2D eigenvalue weighted by Crippen LogP contribution is 2.36. The number of hydrogen-bond acceptors (Lipinski definition) is 6. The minimum atomic E-state index is -0.826. The van der Waals surface area contributed by atoms with E-state index in [0.717, 1.165) is 55.5 Å². The molecule has 1 aromatic rings. The third-order valence-corrected chi connectivity index (χ3v) is 7.39. The molecule has 3 aliphatic rings. The predicted octanol–water partition coefficient (Wildman–Crippen LogP) is 1.78. The largest absolute Gasteiger partial charge is 0.495 e. The van der Waals surface area contributed by atoms with Crippen LogP contribution in [-0.4, -0.2) is 66.3 Å². The van der Waals surface area contributed by atoms with Gasteiger partial charge >= 0.3 is 6.09 Å². The third kappa shape index (κ3) is 5.18. The van der Waals surface area contributed by atoms with Crippen LogP contribution in [0.3, 0.4) is 0 Å². The molecule has 4 N–H and O–H groups in total. The number of nitrogen functional groups attached to an aromatic ring is 1. The topological polar surface area (TPSA) is 118 Å². The van der Waals surface area contributed by atoms with E-state index in [1.165, 1.54) is 4.90 Å². The minimum absolute atomic E-state index is 0.124. The van der Waals surface area contributed by atoms with Gasteiger partial charge in [0, 0.05) is 31.0 Å². The van der Waals surface area contributed by atoms with Gasteiger partial charge in [0.25, 0.3) is 0 Å². The van der Waals surface area contributed by atoms with Crippen molar-refractivity contribution in [3.63, 3.8) is 0 Å². The predicted molar refractivity (Wildman–Crippen MR) is 121 cm³/mol. The van der Waals surface area contributed by atoms with Crippen LogP contribution in [0.4, 0.5) is 10.5 Å². The number of hydrogen-bond donors (Lipinski definition) is 3. The van der Waals surface area contributed by atoms with Crippen molar-refractivity contribution in [2.24, 2.45) is 16.8 Å².